The predicted octanol–water partition coefficient (Wildman–Crippen LogP) is 2.43. The van der Waals surface area contributed by atoms with Crippen LogP contribution in [0.2, 0.25) is 0 Å². The van der Waals surface area contributed by atoms with E-state index >= 15 is 0 Å². The van der Waals surface area contributed by atoms with Crippen LogP contribution in [0.1, 0.15) is 18.4 Å². The van der Waals surface area contributed by atoms with Gasteiger partial charge in [-0.3, -0.25) is 9.78 Å². The van der Waals surface area contributed by atoms with Gasteiger partial charge in [0.15, 0.2) is 0 Å². The van der Waals surface area contributed by atoms with Gasteiger partial charge in [0.2, 0.25) is 5.91 Å². The molecule has 0 saturated heterocycles. The van der Waals surface area contributed by atoms with E-state index in [1.807, 2.05) is 30.3 Å². The van der Waals surface area contributed by atoms with E-state index in [-0.39, 0.29) is 30.7 Å². The fourth-order valence-electron chi connectivity index (χ4n) is 1.85. The number of halogens is 2. The number of carbonyl (C=O) groups is 1. The van der Waals surface area contributed by atoms with Gasteiger partial charge in [0, 0.05) is 24.5 Å². The number of hydrogen-bond acceptors (Lipinski definition) is 3. The summed E-state index contributed by atoms with van der Waals surface area (Å²) in [4.78, 5) is 15.9. The van der Waals surface area contributed by atoms with Gasteiger partial charge in [0.25, 0.3) is 0 Å². The Kier molecular flexibility index (Phi) is 8.88. The summed E-state index contributed by atoms with van der Waals surface area (Å²) in [5, 5.41) is 3.98. The number of nitrogens with two attached hydrogens (primary N) is 1. The van der Waals surface area contributed by atoms with Crippen LogP contribution in [0.25, 0.3) is 10.9 Å². The molecule has 2 aromatic rings. The Morgan fingerprint density at radius 1 is 1.20 bits per heavy atom. The molecule has 0 spiro atoms. The summed E-state index contributed by atoms with van der Waals surface area (Å²) in [5.41, 5.74) is 7.35. The molecule has 0 atom stereocenters. The minimum atomic E-state index is 0. The van der Waals surface area contributed by atoms with Gasteiger partial charge in [-0.1, -0.05) is 24.3 Å². The van der Waals surface area contributed by atoms with Crippen molar-refractivity contribution in [2.45, 2.75) is 19.4 Å². The first-order chi connectivity index (χ1) is 8.81. The highest BCUT2D eigenvalue weighted by Gasteiger charge is 2.04. The van der Waals surface area contributed by atoms with E-state index in [0.717, 1.165) is 22.9 Å². The van der Waals surface area contributed by atoms with Crippen LogP contribution in [0.15, 0.2) is 36.5 Å². The van der Waals surface area contributed by atoms with Gasteiger partial charge in [0.1, 0.15) is 0 Å². The highest BCUT2D eigenvalue weighted by Crippen LogP contribution is 2.15. The third-order valence-electron chi connectivity index (χ3n) is 2.80. The van der Waals surface area contributed by atoms with Crippen LogP contribution in [-0.2, 0) is 11.3 Å². The van der Waals surface area contributed by atoms with E-state index in [2.05, 4.69) is 10.3 Å². The maximum absolute atomic E-state index is 11.5. The Morgan fingerprint density at radius 2 is 1.95 bits per heavy atom. The van der Waals surface area contributed by atoms with Gasteiger partial charge in [-0.25, -0.2) is 0 Å². The van der Waals surface area contributed by atoms with Gasteiger partial charge in [-0.15, -0.1) is 24.8 Å². The van der Waals surface area contributed by atoms with Crippen molar-refractivity contribution in [3.05, 3.63) is 42.1 Å². The van der Waals surface area contributed by atoms with E-state index in [1.165, 1.54) is 0 Å². The van der Waals surface area contributed by atoms with Crippen LogP contribution in [0.3, 0.4) is 0 Å². The molecule has 0 aliphatic carbocycles. The highest BCUT2D eigenvalue weighted by atomic mass is 35.5. The molecular weight excluding hydrogens is 297 g/mol. The molecule has 4 nitrogen and oxygen atoms in total. The zero-order valence-corrected chi connectivity index (χ0v) is 12.7. The molecule has 0 radical (unpaired) electrons. The zero-order chi connectivity index (χ0) is 12.8. The van der Waals surface area contributed by atoms with Crippen LogP contribution in [0, 0.1) is 0 Å². The van der Waals surface area contributed by atoms with E-state index in [1.54, 1.807) is 6.20 Å². The third-order valence-corrected chi connectivity index (χ3v) is 2.80. The summed E-state index contributed by atoms with van der Waals surface area (Å²) in [6.07, 6.45) is 2.97. The molecular formula is C14H19Cl2N3O. The Morgan fingerprint density at radius 3 is 2.70 bits per heavy atom. The minimum Gasteiger partial charge on any atom is -0.352 e. The number of carbonyl (C=O) groups excluding carboxylic acids is 1. The average Bonchev–Trinajstić information content (AvgIpc) is 2.42. The largest absolute Gasteiger partial charge is 0.352 e. The van der Waals surface area contributed by atoms with Gasteiger partial charge in [-0.05, 0) is 24.6 Å². The molecule has 3 N–H and O–H groups in total. The SMILES string of the molecule is Cl.Cl.NCCCC(=O)NCc1cccc2cccnc12. The minimum absolute atomic E-state index is 0. The van der Waals surface area contributed by atoms with Crippen molar-refractivity contribution in [1.82, 2.24) is 10.3 Å². The van der Waals surface area contributed by atoms with E-state index in [0.29, 0.717) is 19.5 Å². The molecule has 6 heteroatoms. The van der Waals surface area contributed by atoms with Crippen LogP contribution in [0.4, 0.5) is 0 Å². The zero-order valence-electron chi connectivity index (χ0n) is 11.0. The van der Waals surface area contributed by atoms with E-state index < -0.39 is 0 Å². The Bertz CT molecular complexity index is 543. The molecule has 0 saturated carbocycles. The lowest BCUT2D eigenvalue weighted by atomic mass is 10.1. The van der Waals surface area contributed by atoms with Gasteiger partial charge >= 0.3 is 0 Å². The summed E-state index contributed by atoms with van der Waals surface area (Å²) in [7, 11) is 0. The summed E-state index contributed by atoms with van der Waals surface area (Å²) >= 11 is 0. The topological polar surface area (TPSA) is 68.0 Å². The number of rotatable bonds is 5. The number of nitrogens with zero attached hydrogens (tertiary/aromatic N) is 1. The first-order valence-corrected chi connectivity index (χ1v) is 6.10. The molecule has 1 heterocycles. The Labute approximate surface area is 131 Å². The maximum atomic E-state index is 11.5. The summed E-state index contributed by atoms with van der Waals surface area (Å²) in [6.45, 7) is 1.06. The molecule has 1 aromatic carbocycles. The fraction of sp³-hybridized carbons (Fsp3) is 0.286. The van der Waals surface area contributed by atoms with Crippen LogP contribution < -0.4 is 11.1 Å². The number of amides is 1. The molecule has 0 aliphatic rings. The number of pyridine rings is 1. The van der Waals surface area contributed by atoms with Crippen LogP contribution in [-0.4, -0.2) is 17.4 Å². The Balaban J connectivity index is 0.00000180. The molecule has 2 rings (SSSR count). The normalized spacial score (nSPS) is 9.45. The molecule has 20 heavy (non-hydrogen) atoms. The van der Waals surface area contributed by atoms with Gasteiger partial charge < -0.3 is 11.1 Å². The first-order valence-electron chi connectivity index (χ1n) is 6.10. The molecule has 1 aromatic heterocycles. The highest BCUT2D eigenvalue weighted by molar-refractivity contribution is 5.85. The third kappa shape index (κ3) is 4.96. The molecule has 0 unspecified atom stereocenters. The van der Waals surface area contributed by atoms with Gasteiger partial charge in [0.05, 0.1) is 5.52 Å². The van der Waals surface area contributed by atoms with Crippen LogP contribution in [0.5, 0.6) is 0 Å². The van der Waals surface area contributed by atoms with Crippen molar-refractivity contribution in [1.29, 1.82) is 0 Å². The summed E-state index contributed by atoms with van der Waals surface area (Å²) < 4.78 is 0. The summed E-state index contributed by atoms with van der Waals surface area (Å²) in [6, 6.07) is 9.90. The first kappa shape index (κ1) is 18.6. The number of para-hydroxylation sites is 1. The number of hydrogen-bond donors (Lipinski definition) is 2. The lowest BCUT2D eigenvalue weighted by Gasteiger charge is -2.07. The Hall–Kier alpha value is -1.36. The average molecular weight is 316 g/mol. The van der Waals surface area contributed by atoms with Crippen LogP contribution >= 0.6 is 24.8 Å². The molecule has 0 aliphatic heterocycles. The number of benzene rings is 1. The van der Waals surface area contributed by atoms with Gasteiger partial charge in [-0.2, -0.15) is 0 Å². The van der Waals surface area contributed by atoms with Crippen molar-refractivity contribution in [2.75, 3.05) is 6.54 Å². The van der Waals surface area contributed by atoms with Crippen molar-refractivity contribution < 1.29 is 4.79 Å². The van der Waals surface area contributed by atoms with E-state index in [4.69, 9.17) is 5.73 Å². The lowest BCUT2D eigenvalue weighted by molar-refractivity contribution is -0.121. The number of aromatic nitrogens is 1. The number of nitrogens with one attached hydrogen (secondary N) is 1. The molecule has 0 bridgehead atoms. The second-order valence-corrected chi connectivity index (χ2v) is 4.16. The molecule has 110 valence electrons. The lowest BCUT2D eigenvalue weighted by Crippen LogP contribution is -2.23. The fourth-order valence-corrected chi connectivity index (χ4v) is 1.85. The van der Waals surface area contributed by atoms with Crippen molar-refractivity contribution in [2.24, 2.45) is 5.73 Å². The molecule has 0 fully saturated rings. The van der Waals surface area contributed by atoms with Crippen molar-refractivity contribution in [3.8, 4) is 0 Å². The summed E-state index contributed by atoms with van der Waals surface area (Å²) in [5.74, 6) is 0.0355. The smallest absolute Gasteiger partial charge is 0.220 e. The second-order valence-electron chi connectivity index (χ2n) is 4.16. The predicted molar refractivity (Wildman–Crippen MR) is 86.4 cm³/mol. The van der Waals surface area contributed by atoms with Crippen molar-refractivity contribution >= 4 is 41.6 Å². The maximum Gasteiger partial charge on any atom is 0.220 e. The monoisotopic (exact) mass is 315 g/mol. The van der Waals surface area contributed by atoms with Crippen molar-refractivity contribution in [3.63, 3.8) is 0 Å². The number of fused-ring (bicyclic) bond motifs is 1. The molecule has 1 amide bonds. The standard InChI is InChI=1S/C14H17N3O.2ClH/c15-8-2-7-13(18)17-10-12-5-1-4-11-6-3-9-16-14(11)12;;/h1,3-6,9H,2,7-8,10,15H2,(H,17,18);2*1H. The van der Waals surface area contributed by atoms with E-state index in [9.17, 15) is 4.79 Å². The second kappa shape index (κ2) is 9.53. The quantitative estimate of drug-likeness (QED) is 0.890.